The molecule has 0 heterocycles. The Bertz CT molecular complexity index is 819. The number of carbonyl (C=O) groups excluding carboxylic acids is 2. The van der Waals surface area contributed by atoms with Gasteiger partial charge in [-0.1, -0.05) is 131 Å². The molecule has 0 rings (SSSR count). The first kappa shape index (κ1) is 43.3. The summed E-state index contributed by atoms with van der Waals surface area (Å²) in [4.78, 5) is 37.4. The van der Waals surface area contributed by atoms with Crippen molar-refractivity contribution in [3.05, 3.63) is 48.6 Å². The van der Waals surface area contributed by atoms with Crippen LogP contribution in [-0.2, 0) is 14.2 Å². The van der Waals surface area contributed by atoms with Crippen LogP contribution in [0.25, 0.3) is 0 Å². The summed E-state index contributed by atoms with van der Waals surface area (Å²) < 4.78 is 11.6. The largest absolute Gasteiger partial charge is 0.592 e. The molecule has 0 bridgehead atoms. The summed E-state index contributed by atoms with van der Waals surface area (Å²) >= 11 is 0. The van der Waals surface area contributed by atoms with Crippen LogP contribution >= 0.6 is 8.03 Å². The number of carbonyl (C=O) groups is 2. The Hall–Kier alpha value is -1.72. The van der Waals surface area contributed by atoms with Crippen LogP contribution in [0.1, 0.15) is 168 Å². The number of hydrogen-bond acceptors (Lipinski definition) is 6. The Morgan fingerprint density at radius 1 is 0.600 bits per heavy atom. The molecule has 0 aromatic heterocycles. The minimum Gasteiger partial charge on any atom is -0.592 e. The molecule has 0 amide bonds. The van der Waals surface area contributed by atoms with Gasteiger partial charge >= 0.3 is 13.5 Å². The molecule has 3 N–H and O–H groups in total. The summed E-state index contributed by atoms with van der Waals surface area (Å²) in [5, 5.41) is 10.4. The highest BCUT2D eigenvalue weighted by Gasteiger charge is 2.52. The van der Waals surface area contributed by atoms with E-state index in [0.29, 0.717) is 12.8 Å². The van der Waals surface area contributed by atoms with Gasteiger partial charge in [-0.25, -0.2) is 0 Å². The first-order chi connectivity index (χ1) is 21.8. The number of nitrogens with two attached hydrogens (primary N) is 1. The number of unbranched alkanes of at least 4 members (excludes halogenated alkanes) is 16. The summed E-state index contributed by atoms with van der Waals surface area (Å²) in [5.74, 6) is -2.86. The number of hydrogen-bond donors (Lipinski definition) is 2. The maximum absolute atomic E-state index is 12.9. The van der Waals surface area contributed by atoms with Gasteiger partial charge in [-0.2, -0.15) is 0 Å². The molecular formula is C38H66NO5P. The number of allylic oxidation sites excluding steroid dienone is 8. The first-order valence-corrected chi connectivity index (χ1v) is 19.3. The van der Waals surface area contributed by atoms with E-state index >= 15 is 0 Å². The fraction of sp³-hybridized carbons (Fsp3) is 0.737. The Morgan fingerprint density at radius 2 is 0.911 bits per heavy atom. The summed E-state index contributed by atoms with van der Waals surface area (Å²) in [6.07, 6.45) is 40.8. The molecule has 2 unspecified atom stereocenters. The van der Waals surface area contributed by atoms with E-state index in [0.717, 1.165) is 89.9 Å². The lowest BCUT2D eigenvalue weighted by Gasteiger charge is -2.23. The molecule has 0 radical (unpaired) electrons. The fourth-order valence-electron chi connectivity index (χ4n) is 5.27. The predicted octanol–water partition coefficient (Wildman–Crippen LogP) is 10.1. The minimum atomic E-state index is -3.55. The van der Waals surface area contributed by atoms with Crippen molar-refractivity contribution < 1.29 is 24.2 Å². The van der Waals surface area contributed by atoms with E-state index < -0.39 is 31.0 Å². The number of aliphatic hydroxyl groups is 1. The molecule has 0 aliphatic carbocycles. The lowest BCUT2D eigenvalue weighted by Crippen LogP contribution is -2.52. The van der Waals surface area contributed by atoms with Crippen molar-refractivity contribution in [1.29, 1.82) is 0 Å². The van der Waals surface area contributed by atoms with Crippen LogP contribution in [0, 0.1) is 5.92 Å². The van der Waals surface area contributed by atoms with Gasteiger partial charge in [-0.15, -0.1) is 0 Å². The molecule has 2 atom stereocenters. The molecule has 0 saturated heterocycles. The highest BCUT2D eigenvalue weighted by molar-refractivity contribution is 7.38. The molecular weight excluding hydrogens is 581 g/mol. The van der Waals surface area contributed by atoms with Crippen LogP contribution in [0.2, 0.25) is 0 Å². The van der Waals surface area contributed by atoms with Gasteiger partial charge in [0.05, 0.1) is 0 Å². The molecule has 0 spiro atoms. The summed E-state index contributed by atoms with van der Waals surface area (Å²) in [7, 11) is -3.55. The zero-order chi connectivity index (χ0) is 33.4. The Labute approximate surface area is 277 Å². The van der Waals surface area contributed by atoms with Crippen molar-refractivity contribution in [2.75, 3.05) is 0 Å². The van der Waals surface area contributed by atoms with Crippen LogP contribution < -0.4 is 10.6 Å². The highest BCUT2D eigenvalue weighted by atomic mass is 31.1. The van der Waals surface area contributed by atoms with Crippen molar-refractivity contribution in [3.63, 3.8) is 0 Å². The van der Waals surface area contributed by atoms with Crippen molar-refractivity contribution >= 4 is 19.6 Å². The maximum atomic E-state index is 12.9. The molecule has 0 fully saturated rings. The second-order valence-corrected chi connectivity index (χ2v) is 13.6. The van der Waals surface area contributed by atoms with E-state index in [1.54, 1.807) is 0 Å². The Morgan fingerprint density at radius 3 is 1.24 bits per heavy atom. The summed E-state index contributed by atoms with van der Waals surface area (Å²) in [6, 6.07) is 0. The molecule has 0 aliphatic heterocycles. The number of rotatable bonds is 32. The normalized spacial score (nSPS) is 14.0. The molecule has 258 valence electrons. The smallest absolute Gasteiger partial charge is 0.363 e. The average Bonchev–Trinajstić information content (AvgIpc) is 3.00. The van der Waals surface area contributed by atoms with Crippen LogP contribution in [0.4, 0.5) is 0 Å². The molecule has 0 saturated carbocycles. The van der Waals surface area contributed by atoms with Crippen LogP contribution in [0.3, 0.4) is 0 Å². The zero-order valence-corrected chi connectivity index (χ0v) is 29.7. The molecule has 6 nitrogen and oxygen atoms in total. The van der Waals surface area contributed by atoms with Crippen LogP contribution in [-0.4, -0.2) is 22.1 Å². The van der Waals surface area contributed by atoms with Gasteiger partial charge in [0.15, 0.2) is 17.5 Å². The van der Waals surface area contributed by atoms with Crippen LogP contribution in [0.5, 0.6) is 0 Å². The Balaban J connectivity index is 4.20. The SMILES string of the molecule is CCCCC/C=C\C/C=C\CCCCCCCC(=O)C(C(=O)CCCCCCC/C=C\C/C=C\CCCCC)C(N)(O)[P+](=O)[O-]. The van der Waals surface area contributed by atoms with E-state index in [4.69, 9.17) is 5.73 Å². The lowest BCUT2D eigenvalue weighted by atomic mass is 9.90. The molecule has 7 heteroatoms. The number of Topliss-reactive ketones (excluding diaryl/α,β-unsaturated/α-hetero) is 2. The third kappa shape index (κ3) is 25.1. The van der Waals surface area contributed by atoms with Gasteiger partial charge in [-0.3, -0.25) is 15.3 Å². The van der Waals surface area contributed by atoms with Gasteiger partial charge in [0.2, 0.25) is 0 Å². The third-order valence-electron chi connectivity index (χ3n) is 8.11. The highest BCUT2D eigenvalue weighted by Crippen LogP contribution is 2.34. The number of ketones is 2. The quantitative estimate of drug-likeness (QED) is 0.0246. The summed E-state index contributed by atoms with van der Waals surface area (Å²) in [6.45, 7) is 4.43. The zero-order valence-electron chi connectivity index (χ0n) is 28.8. The standard InChI is InChI=1S/C38H66NO5P/c1-3-5-7-9-11-13-15-17-19-21-23-25-27-29-31-33-35(40)37(38(39,42)45(43)44)36(41)34-32-30-28-26-24-22-20-18-16-14-12-10-8-6-4-2/h11-14,17-20,37,42H,3-10,15-16,21-34,39H2,1-2H3/b13-11-,14-12-,19-17-,20-18-. The molecule has 45 heavy (non-hydrogen) atoms. The van der Waals surface area contributed by atoms with Crippen molar-refractivity contribution in [2.24, 2.45) is 11.7 Å². The summed E-state index contributed by atoms with van der Waals surface area (Å²) in [5.41, 5.74) is 2.78. The van der Waals surface area contributed by atoms with Gasteiger partial charge in [0.1, 0.15) is 0 Å². The van der Waals surface area contributed by atoms with Gasteiger partial charge < -0.3 is 10.00 Å². The molecule has 0 aromatic carbocycles. The van der Waals surface area contributed by atoms with Gasteiger partial charge in [0, 0.05) is 12.8 Å². The Kier molecular flexibility index (Phi) is 29.7. The van der Waals surface area contributed by atoms with Crippen molar-refractivity contribution in [3.8, 4) is 0 Å². The first-order valence-electron chi connectivity index (χ1n) is 18.1. The maximum Gasteiger partial charge on any atom is 0.363 e. The van der Waals surface area contributed by atoms with E-state index in [1.807, 2.05) is 0 Å². The molecule has 0 aromatic rings. The third-order valence-corrected chi connectivity index (χ3v) is 8.95. The van der Waals surface area contributed by atoms with Gasteiger partial charge in [0.25, 0.3) is 0 Å². The fourth-order valence-corrected chi connectivity index (χ4v) is 5.77. The van der Waals surface area contributed by atoms with Gasteiger partial charge in [-0.05, 0) is 77.0 Å². The van der Waals surface area contributed by atoms with E-state index in [-0.39, 0.29) is 12.8 Å². The second kappa shape index (κ2) is 30.9. The van der Waals surface area contributed by atoms with E-state index in [2.05, 4.69) is 62.5 Å². The molecule has 0 aliphatic rings. The second-order valence-electron chi connectivity index (χ2n) is 12.4. The minimum absolute atomic E-state index is 0.0474. The van der Waals surface area contributed by atoms with E-state index in [9.17, 15) is 24.2 Å². The van der Waals surface area contributed by atoms with Crippen molar-refractivity contribution in [1.82, 2.24) is 0 Å². The average molecular weight is 648 g/mol. The topological polar surface area (TPSA) is 121 Å². The van der Waals surface area contributed by atoms with Crippen LogP contribution in [0.15, 0.2) is 48.6 Å². The monoisotopic (exact) mass is 647 g/mol. The van der Waals surface area contributed by atoms with E-state index in [1.165, 1.54) is 38.5 Å². The lowest BCUT2D eigenvalue weighted by molar-refractivity contribution is -0.185. The van der Waals surface area contributed by atoms with Crippen molar-refractivity contribution in [2.45, 2.75) is 173 Å². The predicted molar refractivity (Wildman–Crippen MR) is 189 cm³/mol.